The van der Waals surface area contributed by atoms with E-state index in [0.717, 1.165) is 12.8 Å². The average molecular weight is 483 g/mol. The number of carbonyl (C=O) groups is 1. The van der Waals surface area contributed by atoms with Gasteiger partial charge >= 0.3 is 5.97 Å². The van der Waals surface area contributed by atoms with Crippen molar-refractivity contribution < 1.29 is 9.53 Å². The fourth-order valence-corrected chi connectivity index (χ4v) is 6.77. The molecule has 2 atom stereocenters. The second-order valence-electron chi connectivity index (χ2n) is 12.4. The molecule has 0 radical (unpaired) electrons. The Morgan fingerprint density at radius 3 is 2.03 bits per heavy atom. The molecule has 3 aromatic rings. The van der Waals surface area contributed by atoms with Crippen LogP contribution >= 0.6 is 0 Å². The predicted octanol–water partition coefficient (Wildman–Crippen LogP) is 9.12. The lowest BCUT2D eigenvalue weighted by molar-refractivity contribution is 0.0734. The normalized spacial score (nSPS) is 21.7. The summed E-state index contributed by atoms with van der Waals surface area (Å²) in [5, 5.41) is 0. The quantitative estimate of drug-likeness (QED) is 0.248. The third-order valence-electron chi connectivity index (χ3n) is 8.10. The van der Waals surface area contributed by atoms with E-state index >= 15 is 0 Å². The van der Waals surface area contributed by atoms with Crippen LogP contribution in [0.2, 0.25) is 0 Å². The van der Waals surface area contributed by atoms with Crippen molar-refractivity contribution in [2.24, 2.45) is 11.3 Å². The van der Waals surface area contributed by atoms with E-state index in [9.17, 15) is 4.79 Å². The van der Waals surface area contributed by atoms with Crippen molar-refractivity contribution in [2.45, 2.75) is 84.5 Å². The number of rotatable bonds is 7. The molecule has 0 aromatic heterocycles. The summed E-state index contributed by atoms with van der Waals surface area (Å²) in [5.74, 6) is 0.888. The second-order valence-corrected chi connectivity index (χ2v) is 12.4. The topological polar surface area (TPSA) is 26.3 Å². The number of hydrogen-bond acceptors (Lipinski definition) is 2. The molecule has 0 bridgehead atoms. The number of hydrogen-bond donors (Lipinski definition) is 0. The van der Waals surface area contributed by atoms with Crippen molar-refractivity contribution in [3.8, 4) is 5.75 Å². The summed E-state index contributed by atoms with van der Waals surface area (Å²) in [6, 6.07) is 26.9. The lowest BCUT2D eigenvalue weighted by atomic mass is 9.55. The summed E-state index contributed by atoms with van der Waals surface area (Å²) in [7, 11) is 0. The Hall–Kier alpha value is -2.87. The number of carbonyl (C=O) groups excluding carboxylic acids is 1. The highest BCUT2D eigenvalue weighted by atomic mass is 16.5. The summed E-state index contributed by atoms with van der Waals surface area (Å²) in [6.45, 7) is 14.2. The molecule has 1 aliphatic rings. The lowest BCUT2D eigenvalue weighted by Crippen LogP contribution is -2.41. The van der Waals surface area contributed by atoms with E-state index in [0.29, 0.717) is 17.2 Å². The minimum Gasteiger partial charge on any atom is -0.423 e. The highest BCUT2D eigenvalue weighted by molar-refractivity contribution is 5.90. The van der Waals surface area contributed by atoms with Gasteiger partial charge in [-0.2, -0.15) is 0 Å². The zero-order valence-electron chi connectivity index (χ0n) is 22.9. The van der Waals surface area contributed by atoms with Gasteiger partial charge in [-0.15, -0.1) is 0 Å². The monoisotopic (exact) mass is 482 g/mol. The van der Waals surface area contributed by atoms with Crippen LogP contribution in [-0.2, 0) is 10.8 Å². The highest BCUT2D eigenvalue weighted by Crippen LogP contribution is 2.53. The average Bonchev–Trinajstić information content (AvgIpc) is 2.84. The maximum absolute atomic E-state index is 12.6. The van der Waals surface area contributed by atoms with Crippen molar-refractivity contribution in [3.05, 3.63) is 101 Å². The molecule has 2 unspecified atom stereocenters. The van der Waals surface area contributed by atoms with Gasteiger partial charge in [0.2, 0.25) is 0 Å². The number of benzene rings is 3. The Kier molecular flexibility index (Phi) is 7.46. The maximum Gasteiger partial charge on any atom is 0.343 e. The van der Waals surface area contributed by atoms with E-state index < -0.39 is 0 Å². The van der Waals surface area contributed by atoms with E-state index in [2.05, 4.69) is 77.9 Å². The molecular weight excluding hydrogens is 440 g/mol. The molecule has 1 saturated carbocycles. The fraction of sp³-hybridized carbons (Fsp3) is 0.441. The first-order valence-electron chi connectivity index (χ1n) is 13.5. The Morgan fingerprint density at radius 2 is 1.47 bits per heavy atom. The Morgan fingerprint density at radius 1 is 0.889 bits per heavy atom. The van der Waals surface area contributed by atoms with E-state index in [1.54, 1.807) is 12.1 Å². The Labute approximate surface area is 218 Å². The SMILES string of the molecule is CCCC(C)(C)c1ccc(C2(c3ccc(OC(=O)c4ccccc4)cc3)CC(C)CC(C)(C)C2)cc1. The second kappa shape index (κ2) is 10.2. The van der Waals surface area contributed by atoms with Crippen molar-refractivity contribution in [2.75, 3.05) is 0 Å². The molecule has 0 spiro atoms. The lowest BCUT2D eigenvalue weighted by Gasteiger charge is -2.49. The first-order chi connectivity index (χ1) is 17.0. The molecule has 0 heterocycles. The van der Waals surface area contributed by atoms with E-state index in [4.69, 9.17) is 4.74 Å². The molecule has 4 rings (SSSR count). The predicted molar refractivity (Wildman–Crippen MR) is 150 cm³/mol. The molecule has 36 heavy (non-hydrogen) atoms. The zero-order valence-corrected chi connectivity index (χ0v) is 22.9. The molecule has 0 amide bonds. The molecule has 0 N–H and O–H groups in total. The van der Waals surface area contributed by atoms with Crippen molar-refractivity contribution >= 4 is 5.97 Å². The molecule has 3 aromatic carbocycles. The standard InChI is InChI=1S/C34H42O2/c1-7-21-33(5,6)27-13-15-28(16-14-27)34(23-25(2)22-32(3,4)24-34)29-17-19-30(20-18-29)36-31(35)26-11-9-8-10-12-26/h8-20,25H,7,21-24H2,1-6H3. The van der Waals surface area contributed by atoms with Crippen LogP contribution in [0.5, 0.6) is 5.75 Å². The van der Waals surface area contributed by atoms with Crippen LogP contribution in [-0.4, -0.2) is 5.97 Å². The van der Waals surface area contributed by atoms with Gasteiger partial charge in [-0.1, -0.05) is 103 Å². The zero-order chi connectivity index (χ0) is 26.0. The maximum atomic E-state index is 12.6. The van der Waals surface area contributed by atoms with Gasteiger partial charge in [0.1, 0.15) is 5.75 Å². The van der Waals surface area contributed by atoms with Crippen LogP contribution in [0.4, 0.5) is 0 Å². The van der Waals surface area contributed by atoms with Gasteiger partial charge in [-0.05, 0) is 83.4 Å². The molecular formula is C34H42O2. The molecule has 0 saturated heterocycles. The number of esters is 1. The molecule has 1 fully saturated rings. The van der Waals surface area contributed by atoms with E-state index in [1.807, 2.05) is 30.3 Å². The van der Waals surface area contributed by atoms with Gasteiger partial charge < -0.3 is 4.74 Å². The third-order valence-corrected chi connectivity index (χ3v) is 8.10. The molecule has 1 aliphatic carbocycles. The van der Waals surface area contributed by atoms with E-state index in [1.165, 1.54) is 36.0 Å². The van der Waals surface area contributed by atoms with Crippen LogP contribution in [0.15, 0.2) is 78.9 Å². The van der Waals surface area contributed by atoms with Crippen LogP contribution in [0.1, 0.15) is 101 Å². The molecule has 2 nitrogen and oxygen atoms in total. The summed E-state index contributed by atoms with van der Waals surface area (Å²) < 4.78 is 5.68. The van der Waals surface area contributed by atoms with Gasteiger partial charge in [-0.3, -0.25) is 0 Å². The smallest absolute Gasteiger partial charge is 0.343 e. The van der Waals surface area contributed by atoms with Crippen LogP contribution in [0.25, 0.3) is 0 Å². The third kappa shape index (κ3) is 5.59. The molecule has 190 valence electrons. The van der Waals surface area contributed by atoms with Crippen LogP contribution in [0, 0.1) is 11.3 Å². The minimum absolute atomic E-state index is 0.0590. The van der Waals surface area contributed by atoms with Gasteiger partial charge in [0.15, 0.2) is 0 Å². The summed E-state index contributed by atoms with van der Waals surface area (Å²) in [5.41, 5.74) is 5.05. The molecule has 2 heteroatoms. The minimum atomic E-state index is -0.323. The Bertz CT molecular complexity index is 1160. The summed E-state index contributed by atoms with van der Waals surface area (Å²) >= 11 is 0. The number of ether oxygens (including phenoxy) is 1. The van der Waals surface area contributed by atoms with Crippen LogP contribution < -0.4 is 4.74 Å². The van der Waals surface area contributed by atoms with Crippen molar-refractivity contribution in [1.82, 2.24) is 0 Å². The van der Waals surface area contributed by atoms with Crippen molar-refractivity contribution in [3.63, 3.8) is 0 Å². The summed E-state index contributed by atoms with van der Waals surface area (Å²) in [4.78, 5) is 12.6. The first-order valence-corrected chi connectivity index (χ1v) is 13.5. The van der Waals surface area contributed by atoms with Gasteiger partial charge in [-0.25, -0.2) is 4.79 Å². The fourth-order valence-electron chi connectivity index (χ4n) is 6.77. The highest BCUT2D eigenvalue weighted by Gasteiger charge is 2.45. The largest absolute Gasteiger partial charge is 0.423 e. The van der Waals surface area contributed by atoms with Crippen molar-refractivity contribution in [1.29, 1.82) is 0 Å². The van der Waals surface area contributed by atoms with Gasteiger partial charge in [0.25, 0.3) is 0 Å². The van der Waals surface area contributed by atoms with Gasteiger partial charge in [0.05, 0.1) is 5.56 Å². The molecule has 0 aliphatic heterocycles. The van der Waals surface area contributed by atoms with E-state index in [-0.39, 0.29) is 22.2 Å². The summed E-state index contributed by atoms with van der Waals surface area (Å²) in [6.07, 6.45) is 5.84. The Balaban J connectivity index is 1.68. The van der Waals surface area contributed by atoms with Crippen LogP contribution in [0.3, 0.4) is 0 Å². The first kappa shape index (κ1) is 26.2. The van der Waals surface area contributed by atoms with Gasteiger partial charge in [0, 0.05) is 5.41 Å².